The first-order valence-electron chi connectivity index (χ1n) is 21.4. The summed E-state index contributed by atoms with van der Waals surface area (Å²) in [4.78, 5) is 90.9. The van der Waals surface area contributed by atoms with Gasteiger partial charge in [-0.1, -0.05) is 18.9 Å². The van der Waals surface area contributed by atoms with Crippen LogP contribution in [0.4, 0.5) is 42.0 Å². The first-order valence-corrected chi connectivity index (χ1v) is 22.5. The molecule has 1 atom stereocenters. The molecular weight excluding hydrogens is 858 g/mol. The number of amides is 6. The van der Waals surface area contributed by atoms with Crippen molar-refractivity contribution in [2.45, 2.75) is 81.8 Å². The number of halogens is 3. The van der Waals surface area contributed by atoms with E-state index in [1.807, 2.05) is 0 Å². The van der Waals surface area contributed by atoms with Gasteiger partial charge in [-0.05, 0) is 69.0 Å². The fraction of sp³-hybridized carbons (Fsp3) is 0.488. The molecular formula is C43H49F3N10O7S. The molecule has 1 unspecified atom stereocenters. The zero-order valence-electron chi connectivity index (χ0n) is 35.4. The van der Waals surface area contributed by atoms with Gasteiger partial charge in [0.2, 0.25) is 17.8 Å². The lowest BCUT2D eigenvalue weighted by Crippen LogP contribution is -2.54. The molecule has 3 aromatic rings. The molecule has 4 N–H and O–H groups in total. The molecule has 2 saturated heterocycles. The Hall–Kier alpha value is -5.96. The number of carbonyl (C=O) groups is 6. The Labute approximate surface area is 371 Å². The SMILES string of the molecule is COc1cc(C(=O)NC2CCN(CCCSCNc3cccc4c3C(=O)N(C3CCC(=O)NC3=O)C4=O)CC2)c(F)cc1Nc1ncc2c(n1)N(C1CCCC1)CC(F)(F)C(=O)N2C. The second kappa shape index (κ2) is 18.6. The maximum atomic E-state index is 15.6. The number of nitrogens with one attached hydrogen (secondary N) is 4. The molecule has 5 aliphatic rings. The Morgan fingerprint density at radius 1 is 1.02 bits per heavy atom. The number of likely N-dealkylation sites (tertiary alicyclic amines) is 1. The van der Waals surface area contributed by atoms with Crippen LogP contribution in [0.15, 0.2) is 36.5 Å². The average molecular weight is 907 g/mol. The highest BCUT2D eigenvalue weighted by Crippen LogP contribution is 2.40. The van der Waals surface area contributed by atoms with Crippen LogP contribution in [0, 0.1) is 5.82 Å². The summed E-state index contributed by atoms with van der Waals surface area (Å²) >= 11 is 1.63. The van der Waals surface area contributed by atoms with Crippen LogP contribution < -0.4 is 35.8 Å². The van der Waals surface area contributed by atoms with Crippen LogP contribution in [0.3, 0.4) is 0 Å². The van der Waals surface area contributed by atoms with Gasteiger partial charge >= 0.3 is 5.92 Å². The Bertz CT molecular complexity index is 2360. The van der Waals surface area contributed by atoms with Crippen LogP contribution in [-0.4, -0.2) is 131 Å². The molecule has 21 heteroatoms. The van der Waals surface area contributed by atoms with E-state index in [0.29, 0.717) is 37.2 Å². The van der Waals surface area contributed by atoms with E-state index in [4.69, 9.17) is 4.74 Å². The molecule has 0 radical (unpaired) electrons. The standard InChI is InChI=1S/C43H49F3N10O7S/c1-53-32-21-47-42(52-36(32)55(25-7-3-4-8-25)22-43(45,46)41(53)62)50-30-20-28(44)27(19-33(30)63-2)37(58)49-24-13-16-54(17-14-24)15-6-18-64-23-48-29-10-5-9-26-35(29)40(61)56(39(26)60)31-11-12-34(57)51-38(31)59/h5,9-10,19-21,24-25,31,48H,3-4,6-8,11-18,22-23H2,1-2H3,(H,49,58)(H,47,50,52)(H,51,57,59). The van der Waals surface area contributed by atoms with Crippen molar-refractivity contribution in [2.24, 2.45) is 0 Å². The van der Waals surface area contributed by atoms with Gasteiger partial charge in [0.25, 0.3) is 23.6 Å². The first-order chi connectivity index (χ1) is 30.7. The lowest BCUT2D eigenvalue weighted by Gasteiger charge is -2.32. The molecule has 1 saturated carbocycles. The number of ether oxygens (including phenoxy) is 1. The summed E-state index contributed by atoms with van der Waals surface area (Å²) in [5.41, 5.74) is 0.973. The summed E-state index contributed by atoms with van der Waals surface area (Å²) in [6.07, 6.45) is 6.72. The van der Waals surface area contributed by atoms with Gasteiger partial charge in [-0.15, -0.1) is 11.8 Å². The van der Waals surface area contributed by atoms with Crippen LogP contribution >= 0.6 is 11.8 Å². The van der Waals surface area contributed by atoms with Crippen LogP contribution in [0.1, 0.15) is 88.9 Å². The number of thioether (sulfide) groups is 1. The zero-order chi connectivity index (χ0) is 45.3. The molecule has 340 valence electrons. The maximum Gasteiger partial charge on any atom is 0.342 e. The monoisotopic (exact) mass is 906 g/mol. The number of hydrogen-bond donors (Lipinski definition) is 4. The van der Waals surface area contributed by atoms with Crippen molar-refractivity contribution in [1.29, 1.82) is 0 Å². The highest BCUT2D eigenvalue weighted by molar-refractivity contribution is 7.99. The third-order valence-corrected chi connectivity index (χ3v) is 13.4. The van der Waals surface area contributed by atoms with Gasteiger partial charge in [-0.25, -0.2) is 9.37 Å². The van der Waals surface area contributed by atoms with Crippen molar-refractivity contribution in [3.05, 3.63) is 59.0 Å². The van der Waals surface area contributed by atoms with Gasteiger partial charge in [0, 0.05) is 50.4 Å². The predicted octanol–water partition coefficient (Wildman–Crippen LogP) is 4.52. The Morgan fingerprint density at radius 2 is 1.78 bits per heavy atom. The van der Waals surface area contributed by atoms with E-state index in [9.17, 15) is 28.8 Å². The molecule has 1 aliphatic carbocycles. The lowest BCUT2D eigenvalue weighted by molar-refractivity contribution is -0.140. The molecule has 6 amide bonds. The van der Waals surface area contributed by atoms with E-state index >= 15 is 13.2 Å². The minimum atomic E-state index is -3.64. The van der Waals surface area contributed by atoms with Crippen molar-refractivity contribution >= 4 is 76.0 Å². The predicted molar refractivity (Wildman–Crippen MR) is 232 cm³/mol. The second-order valence-corrected chi connectivity index (χ2v) is 17.6. The summed E-state index contributed by atoms with van der Waals surface area (Å²) in [5, 5.41) is 11.3. The van der Waals surface area contributed by atoms with Gasteiger partial charge in [0.05, 0.1) is 48.1 Å². The van der Waals surface area contributed by atoms with E-state index in [1.54, 1.807) is 30.0 Å². The van der Waals surface area contributed by atoms with Crippen LogP contribution in [0.5, 0.6) is 5.75 Å². The number of benzene rings is 2. The second-order valence-electron chi connectivity index (χ2n) is 16.5. The van der Waals surface area contributed by atoms with Gasteiger partial charge in [0.1, 0.15) is 23.3 Å². The summed E-state index contributed by atoms with van der Waals surface area (Å²) in [6, 6.07) is 5.90. The summed E-state index contributed by atoms with van der Waals surface area (Å²) in [7, 11) is 2.63. The number of carbonyl (C=O) groups excluding carboxylic acids is 6. The van der Waals surface area contributed by atoms with Crippen molar-refractivity contribution in [2.75, 3.05) is 72.4 Å². The molecule has 8 rings (SSSR count). The van der Waals surface area contributed by atoms with Gasteiger partial charge in [0.15, 0.2) is 5.82 Å². The molecule has 0 bridgehead atoms. The summed E-state index contributed by atoms with van der Waals surface area (Å²) in [5.74, 6) is -7.04. The Kier molecular flexibility index (Phi) is 13.0. The molecule has 1 aromatic heterocycles. The van der Waals surface area contributed by atoms with Crippen molar-refractivity contribution in [3.63, 3.8) is 0 Å². The van der Waals surface area contributed by atoms with Gasteiger partial charge in [-0.2, -0.15) is 13.8 Å². The Balaban J connectivity index is 0.801. The van der Waals surface area contributed by atoms with E-state index in [1.165, 1.54) is 31.3 Å². The minimum absolute atomic E-state index is 0.0298. The first kappa shape index (κ1) is 44.6. The number of piperidine rings is 2. The van der Waals surface area contributed by atoms with E-state index < -0.39 is 59.8 Å². The number of rotatable bonds is 14. The van der Waals surface area contributed by atoms with Crippen LogP contribution in [0.2, 0.25) is 0 Å². The fourth-order valence-corrected chi connectivity index (χ4v) is 9.77. The summed E-state index contributed by atoms with van der Waals surface area (Å²) < 4.78 is 51.2. The van der Waals surface area contributed by atoms with Gasteiger partial charge in [-0.3, -0.25) is 39.0 Å². The minimum Gasteiger partial charge on any atom is -0.495 e. The quantitative estimate of drug-likeness (QED) is 0.100. The van der Waals surface area contributed by atoms with E-state index in [0.717, 1.165) is 60.5 Å². The third-order valence-electron chi connectivity index (χ3n) is 12.4. The third kappa shape index (κ3) is 9.04. The molecule has 64 heavy (non-hydrogen) atoms. The highest BCUT2D eigenvalue weighted by Gasteiger charge is 2.49. The zero-order valence-corrected chi connectivity index (χ0v) is 36.2. The number of methoxy groups -OCH3 is 1. The number of nitrogens with zero attached hydrogens (tertiary/aromatic N) is 6. The highest BCUT2D eigenvalue weighted by atomic mass is 32.2. The fourth-order valence-electron chi connectivity index (χ4n) is 9.04. The number of anilines is 5. The number of alkyl halides is 2. The summed E-state index contributed by atoms with van der Waals surface area (Å²) in [6.45, 7) is 1.48. The molecule has 2 aromatic carbocycles. The van der Waals surface area contributed by atoms with E-state index in [2.05, 4.69) is 36.1 Å². The van der Waals surface area contributed by atoms with Crippen LogP contribution in [-0.2, 0) is 14.4 Å². The smallest absolute Gasteiger partial charge is 0.342 e. The number of imide groups is 2. The van der Waals surface area contributed by atoms with E-state index in [-0.39, 0.29) is 70.5 Å². The van der Waals surface area contributed by atoms with Gasteiger partial charge < -0.3 is 35.4 Å². The topological polar surface area (TPSA) is 199 Å². The number of aromatic nitrogens is 2. The van der Waals surface area contributed by atoms with Crippen LogP contribution in [0.25, 0.3) is 0 Å². The molecule has 17 nitrogen and oxygen atoms in total. The Morgan fingerprint density at radius 3 is 2.52 bits per heavy atom. The number of fused-ring (bicyclic) bond motifs is 2. The normalized spacial score (nSPS) is 20.5. The largest absolute Gasteiger partial charge is 0.495 e. The molecule has 0 spiro atoms. The maximum absolute atomic E-state index is 15.6. The lowest BCUT2D eigenvalue weighted by atomic mass is 10.0. The van der Waals surface area contributed by atoms with Crippen molar-refractivity contribution in [3.8, 4) is 5.75 Å². The average Bonchev–Trinajstić information content (AvgIpc) is 3.89. The molecule has 3 fully saturated rings. The van der Waals surface area contributed by atoms with Crippen molar-refractivity contribution < 1.29 is 46.7 Å². The molecule has 4 aliphatic heterocycles. The van der Waals surface area contributed by atoms with Crippen molar-refractivity contribution in [1.82, 2.24) is 30.4 Å². The molecule has 5 heterocycles. The number of hydrogen-bond acceptors (Lipinski definition) is 14.